The summed E-state index contributed by atoms with van der Waals surface area (Å²) in [6, 6.07) is 0. The van der Waals surface area contributed by atoms with E-state index in [1.165, 1.54) is 186 Å². The Morgan fingerprint density at radius 1 is 0.467 bits per heavy atom. The predicted molar refractivity (Wildman–Crippen MR) is 192 cm³/mol. The minimum Gasteiger partial charge on any atom is -0.478 e. The third-order valence-electron chi connectivity index (χ3n) is 8.46. The fourth-order valence-electron chi connectivity index (χ4n) is 5.56. The zero-order chi connectivity index (χ0) is 32.6. The van der Waals surface area contributed by atoms with Crippen LogP contribution in [0.2, 0.25) is 0 Å². The number of hydrogen-bond donors (Lipinski definition) is 1. The molecule has 0 fully saturated rings. The van der Waals surface area contributed by atoms with Crippen molar-refractivity contribution >= 4 is 11.9 Å². The molecule has 0 aliphatic rings. The molecule has 0 atom stereocenters. The molecule has 5 heteroatoms. The summed E-state index contributed by atoms with van der Waals surface area (Å²) in [5, 5.41) is 8.39. The van der Waals surface area contributed by atoms with Crippen LogP contribution in [-0.4, -0.2) is 23.7 Å². The topological polar surface area (TPSA) is 63.6 Å². The number of carboxylic acids is 1. The molecule has 0 bridgehead atoms. The van der Waals surface area contributed by atoms with Gasteiger partial charge in [0.05, 0.1) is 6.61 Å². The van der Waals surface area contributed by atoms with Gasteiger partial charge in [0, 0.05) is 12.2 Å². The largest absolute Gasteiger partial charge is 1.00 e. The van der Waals surface area contributed by atoms with E-state index in [1.54, 1.807) is 0 Å². The summed E-state index contributed by atoms with van der Waals surface area (Å²) in [7, 11) is 0. The molecule has 0 aliphatic carbocycles. The number of hydrogen-bond acceptors (Lipinski definition) is 3. The van der Waals surface area contributed by atoms with Crippen LogP contribution in [0.25, 0.3) is 0 Å². The summed E-state index contributed by atoms with van der Waals surface area (Å²) in [6.45, 7) is 8.82. The van der Waals surface area contributed by atoms with Gasteiger partial charge < -0.3 is 16.8 Å². The Morgan fingerprint density at radius 2 is 0.733 bits per heavy atom. The fourth-order valence-corrected chi connectivity index (χ4v) is 5.56. The fraction of sp³-hybridized carbons (Fsp3) is 0.875. The van der Waals surface area contributed by atoms with Gasteiger partial charge in [0.1, 0.15) is 0 Å². The maximum Gasteiger partial charge on any atom is 1.00 e. The molecule has 0 aromatic rings. The molecular formula is C40H77NaO4. The molecule has 0 aromatic carbocycles. The number of unbranched alkanes of at least 4 members (excludes halogenated alkanes) is 30. The molecule has 1 N–H and O–H groups in total. The minimum absolute atomic E-state index is 0. The van der Waals surface area contributed by atoms with Gasteiger partial charge in [0.25, 0.3) is 0 Å². The standard InChI is InChI=1S/C22H40O4.C18H37.Na/c1-2-3-4-5-6-7-8-9-10-11-12-13-14-15-16-17-20-26-22(25)19-18-21(23)24;1-3-5-7-9-11-13-15-17-18-16-14-12-10-8-6-4-2;/h18-19H,2-17,20H2,1H3,(H,23,24);1,3-18H2,2H3;/q;-1;+1/b19-18+;;. The Kier molecular flexibility index (Phi) is 49.9. The first-order valence-electron chi connectivity index (χ1n) is 19.4. The molecule has 0 radical (unpaired) electrons. The van der Waals surface area contributed by atoms with Crippen LogP contribution in [-0.2, 0) is 14.3 Å². The molecule has 0 unspecified atom stereocenters. The molecule has 45 heavy (non-hydrogen) atoms. The van der Waals surface area contributed by atoms with E-state index in [0.717, 1.165) is 31.4 Å². The van der Waals surface area contributed by atoms with Crippen molar-refractivity contribution in [3.63, 3.8) is 0 Å². The second-order valence-corrected chi connectivity index (χ2v) is 12.9. The molecule has 0 amide bonds. The number of esters is 1. The quantitative estimate of drug-likeness (QED) is 0.0249. The van der Waals surface area contributed by atoms with Crippen molar-refractivity contribution in [3.8, 4) is 0 Å². The Hall–Kier alpha value is -0.320. The van der Waals surface area contributed by atoms with E-state index >= 15 is 0 Å². The van der Waals surface area contributed by atoms with Gasteiger partial charge in [-0.25, -0.2) is 9.59 Å². The third-order valence-corrected chi connectivity index (χ3v) is 8.46. The van der Waals surface area contributed by atoms with Crippen LogP contribution in [0.5, 0.6) is 0 Å². The molecule has 4 nitrogen and oxygen atoms in total. The molecule has 0 aliphatic heterocycles. The first kappa shape index (κ1) is 49.1. The Labute approximate surface area is 304 Å². The smallest absolute Gasteiger partial charge is 0.478 e. The molecule has 0 spiro atoms. The Bertz CT molecular complexity index is 577. The number of aliphatic carboxylic acids is 1. The number of carbonyl (C=O) groups excluding carboxylic acids is 1. The molecule has 0 saturated carbocycles. The van der Waals surface area contributed by atoms with Crippen molar-refractivity contribution in [3.05, 3.63) is 19.1 Å². The molecule has 0 heterocycles. The van der Waals surface area contributed by atoms with Crippen molar-refractivity contribution in [1.82, 2.24) is 0 Å². The zero-order valence-corrected chi connectivity index (χ0v) is 32.9. The summed E-state index contributed by atoms with van der Waals surface area (Å²) >= 11 is 0. The van der Waals surface area contributed by atoms with Gasteiger partial charge in [0.2, 0.25) is 0 Å². The maximum atomic E-state index is 11.1. The first-order valence-corrected chi connectivity index (χ1v) is 19.4. The summed E-state index contributed by atoms with van der Waals surface area (Å²) in [5.41, 5.74) is 0. The minimum atomic E-state index is -1.13. The monoisotopic (exact) mass is 645 g/mol. The van der Waals surface area contributed by atoms with Gasteiger partial charge in [0.15, 0.2) is 0 Å². The summed E-state index contributed by atoms with van der Waals surface area (Å²) in [4.78, 5) is 21.4. The summed E-state index contributed by atoms with van der Waals surface area (Å²) < 4.78 is 4.92. The van der Waals surface area contributed by atoms with E-state index in [9.17, 15) is 9.59 Å². The van der Waals surface area contributed by atoms with Crippen molar-refractivity contribution < 1.29 is 49.0 Å². The van der Waals surface area contributed by atoms with Crippen LogP contribution < -0.4 is 29.6 Å². The third kappa shape index (κ3) is 50.7. The average Bonchev–Trinajstić information content (AvgIpc) is 3.02. The van der Waals surface area contributed by atoms with Crippen LogP contribution in [0, 0.1) is 6.92 Å². The van der Waals surface area contributed by atoms with E-state index in [4.69, 9.17) is 9.84 Å². The van der Waals surface area contributed by atoms with Crippen LogP contribution in [0.15, 0.2) is 12.2 Å². The van der Waals surface area contributed by atoms with Crippen LogP contribution in [0.1, 0.15) is 219 Å². The number of carbonyl (C=O) groups is 2. The summed E-state index contributed by atoms with van der Waals surface area (Å²) in [6.07, 6.45) is 45.5. The molecule has 0 rings (SSSR count). The van der Waals surface area contributed by atoms with Crippen molar-refractivity contribution in [2.45, 2.75) is 219 Å². The zero-order valence-electron chi connectivity index (χ0n) is 30.9. The maximum absolute atomic E-state index is 11.1. The predicted octanol–water partition coefficient (Wildman–Crippen LogP) is 10.5. The number of rotatable bonds is 34. The number of ether oxygens (including phenoxy) is 1. The Morgan fingerprint density at radius 3 is 1.00 bits per heavy atom. The average molecular weight is 645 g/mol. The van der Waals surface area contributed by atoms with Gasteiger partial charge in [-0.05, 0) is 6.42 Å². The second-order valence-electron chi connectivity index (χ2n) is 12.9. The van der Waals surface area contributed by atoms with E-state index in [0.29, 0.717) is 6.61 Å². The van der Waals surface area contributed by atoms with Crippen LogP contribution >= 0.6 is 0 Å². The van der Waals surface area contributed by atoms with Gasteiger partial charge in [-0.2, -0.15) is 6.42 Å². The Balaban J connectivity index is -0.000000817. The molecular weight excluding hydrogens is 567 g/mol. The summed E-state index contributed by atoms with van der Waals surface area (Å²) in [5.74, 6) is -1.71. The van der Waals surface area contributed by atoms with Gasteiger partial charge >= 0.3 is 41.5 Å². The van der Waals surface area contributed by atoms with E-state index in [-0.39, 0.29) is 29.6 Å². The van der Waals surface area contributed by atoms with Crippen molar-refractivity contribution in [1.29, 1.82) is 0 Å². The molecule has 262 valence electrons. The van der Waals surface area contributed by atoms with E-state index in [1.807, 2.05) is 0 Å². The van der Waals surface area contributed by atoms with E-state index in [2.05, 4.69) is 20.8 Å². The number of carboxylic acid groups (broad SMARTS) is 1. The van der Waals surface area contributed by atoms with Gasteiger partial charge in [-0.1, -0.05) is 206 Å². The normalized spacial score (nSPS) is 10.8. The first-order chi connectivity index (χ1) is 21.6. The molecule has 0 aromatic heterocycles. The van der Waals surface area contributed by atoms with Crippen LogP contribution in [0.3, 0.4) is 0 Å². The second kappa shape index (κ2) is 45.8. The van der Waals surface area contributed by atoms with Crippen LogP contribution in [0.4, 0.5) is 0 Å². The van der Waals surface area contributed by atoms with Crippen molar-refractivity contribution in [2.24, 2.45) is 0 Å². The van der Waals surface area contributed by atoms with Crippen molar-refractivity contribution in [2.75, 3.05) is 6.61 Å². The molecule has 0 saturated heterocycles. The van der Waals surface area contributed by atoms with E-state index < -0.39 is 11.9 Å². The SMILES string of the molecule is CCCCCCCCCCCCCCCCCCOC(=O)/C=C/C(=O)O.[CH2-]CCCCCCCCCCCCCCCCC.[Na+]. The van der Waals surface area contributed by atoms with Gasteiger partial charge in [-0.15, -0.1) is 0 Å². The van der Waals surface area contributed by atoms with Gasteiger partial charge in [-0.3, -0.25) is 0 Å².